The van der Waals surface area contributed by atoms with Crippen molar-refractivity contribution in [2.75, 3.05) is 11.9 Å². The molecule has 0 spiro atoms. The molecule has 5 aromatic rings. The number of pyridine rings is 1. The number of carbonyl (C=O) groups excluding carboxylic acids is 2. The minimum Gasteiger partial charge on any atom is -0.337 e. The predicted molar refractivity (Wildman–Crippen MR) is 142 cm³/mol. The summed E-state index contributed by atoms with van der Waals surface area (Å²) in [7, 11) is 0. The molecule has 2 aromatic carbocycles. The Morgan fingerprint density at radius 2 is 1.83 bits per heavy atom. The lowest BCUT2D eigenvalue weighted by Gasteiger charge is -2.26. The third kappa shape index (κ3) is 3.98. The maximum atomic E-state index is 13.4. The fourth-order valence-corrected chi connectivity index (χ4v) is 6.87. The first-order chi connectivity index (χ1) is 17.0. The molecule has 0 unspecified atom stereocenters. The number of nitrogens with one attached hydrogen (secondary N) is 1. The number of thiazole rings is 1. The smallest absolute Gasteiger partial charge is 0.256 e. The molecular weight excluding hydrogens is 476 g/mol. The average molecular weight is 499 g/mol. The van der Waals surface area contributed by atoms with Crippen LogP contribution in [0.25, 0.3) is 31.7 Å². The Hall–Kier alpha value is -3.62. The van der Waals surface area contributed by atoms with Crippen molar-refractivity contribution in [2.24, 2.45) is 0 Å². The van der Waals surface area contributed by atoms with Crippen molar-refractivity contribution in [3.63, 3.8) is 0 Å². The van der Waals surface area contributed by atoms with Crippen molar-refractivity contribution in [2.45, 2.75) is 26.8 Å². The number of aryl methyl sites for hydroxylation is 1. The summed E-state index contributed by atoms with van der Waals surface area (Å²) in [6.07, 6.45) is 0.742. The van der Waals surface area contributed by atoms with Gasteiger partial charge >= 0.3 is 0 Å². The second-order valence-corrected chi connectivity index (χ2v) is 10.8. The number of hydrogen-bond donors (Lipinski definition) is 1. The molecule has 6 nitrogen and oxygen atoms in total. The van der Waals surface area contributed by atoms with E-state index in [1.807, 2.05) is 60.4 Å². The van der Waals surface area contributed by atoms with Crippen molar-refractivity contribution in [3.8, 4) is 10.6 Å². The van der Waals surface area contributed by atoms with E-state index in [4.69, 9.17) is 4.98 Å². The van der Waals surface area contributed by atoms with Crippen molar-refractivity contribution < 1.29 is 9.59 Å². The van der Waals surface area contributed by atoms with E-state index >= 15 is 0 Å². The van der Waals surface area contributed by atoms with Crippen LogP contribution >= 0.6 is 22.7 Å². The summed E-state index contributed by atoms with van der Waals surface area (Å²) in [5, 5.41) is 5.84. The Balaban J connectivity index is 1.42. The molecule has 1 N–H and O–H groups in total. The molecule has 0 radical (unpaired) electrons. The fourth-order valence-electron chi connectivity index (χ4n) is 4.50. The molecule has 0 saturated carbocycles. The first kappa shape index (κ1) is 21.9. The van der Waals surface area contributed by atoms with Crippen molar-refractivity contribution in [3.05, 3.63) is 76.3 Å². The van der Waals surface area contributed by atoms with Gasteiger partial charge in [0.15, 0.2) is 0 Å². The zero-order valence-corrected chi connectivity index (χ0v) is 20.9. The lowest BCUT2D eigenvalue weighted by atomic mass is 10.0. The van der Waals surface area contributed by atoms with Gasteiger partial charge in [0, 0.05) is 40.6 Å². The average Bonchev–Trinajstić information content (AvgIpc) is 3.43. The van der Waals surface area contributed by atoms with E-state index in [9.17, 15) is 9.59 Å². The SMILES string of the molecule is CC(=O)N1CCc2c(sc(NC(=O)c3ccc4ccc(C)nc4c3)c2-c2nc3ccccc3s2)C1. The summed E-state index contributed by atoms with van der Waals surface area (Å²) in [5.74, 6) is -0.116. The number of amides is 2. The van der Waals surface area contributed by atoms with Crippen LogP contribution in [0.15, 0.2) is 54.6 Å². The number of thiophene rings is 1. The third-order valence-corrected chi connectivity index (χ3v) is 8.52. The molecule has 0 aliphatic carbocycles. The number of aromatic nitrogens is 2. The molecule has 1 aliphatic heterocycles. The minimum absolute atomic E-state index is 0.0649. The molecular formula is C27H22N4O2S2. The summed E-state index contributed by atoms with van der Waals surface area (Å²) in [4.78, 5) is 37.8. The topological polar surface area (TPSA) is 75.2 Å². The largest absolute Gasteiger partial charge is 0.337 e. The Morgan fingerprint density at radius 3 is 2.66 bits per heavy atom. The minimum atomic E-state index is -0.181. The molecule has 6 rings (SSSR count). The highest BCUT2D eigenvalue weighted by Gasteiger charge is 2.28. The van der Waals surface area contributed by atoms with Crippen LogP contribution in [-0.2, 0) is 17.8 Å². The van der Waals surface area contributed by atoms with E-state index in [-0.39, 0.29) is 11.8 Å². The van der Waals surface area contributed by atoms with E-state index in [0.717, 1.165) is 53.7 Å². The van der Waals surface area contributed by atoms with Crippen molar-refractivity contribution >= 4 is 60.6 Å². The van der Waals surface area contributed by atoms with Crippen LogP contribution in [0, 0.1) is 6.92 Å². The van der Waals surface area contributed by atoms with E-state index in [0.29, 0.717) is 18.7 Å². The number of benzene rings is 2. The summed E-state index contributed by atoms with van der Waals surface area (Å²) in [6, 6.07) is 17.6. The molecule has 3 aromatic heterocycles. The van der Waals surface area contributed by atoms with E-state index in [2.05, 4.69) is 16.4 Å². The summed E-state index contributed by atoms with van der Waals surface area (Å²) < 4.78 is 1.11. The van der Waals surface area contributed by atoms with Gasteiger partial charge in [-0.05, 0) is 49.2 Å². The second-order valence-electron chi connectivity index (χ2n) is 8.70. The lowest BCUT2D eigenvalue weighted by molar-refractivity contribution is -0.129. The number of anilines is 1. The molecule has 2 amide bonds. The van der Waals surface area contributed by atoms with E-state index < -0.39 is 0 Å². The monoisotopic (exact) mass is 498 g/mol. The highest BCUT2D eigenvalue weighted by Crippen LogP contribution is 2.45. The summed E-state index contributed by atoms with van der Waals surface area (Å²) in [5.41, 5.74) is 5.38. The zero-order valence-electron chi connectivity index (χ0n) is 19.3. The summed E-state index contributed by atoms with van der Waals surface area (Å²) in [6.45, 7) is 4.77. The molecule has 4 heterocycles. The molecule has 0 saturated heterocycles. The standard InChI is InChI=1S/C27H22N4O2S2/c1-15-7-8-17-9-10-18(13-21(17)28-15)25(33)30-27-24(26-29-20-5-3-4-6-22(20)34-26)19-11-12-31(16(2)32)14-23(19)35-27/h3-10,13H,11-12,14H2,1-2H3,(H,30,33). The number of rotatable bonds is 3. The van der Waals surface area contributed by atoms with Crippen LogP contribution in [0.4, 0.5) is 5.00 Å². The van der Waals surface area contributed by atoms with Crippen molar-refractivity contribution in [1.29, 1.82) is 0 Å². The lowest BCUT2D eigenvalue weighted by Crippen LogP contribution is -2.33. The maximum absolute atomic E-state index is 13.4. The van der Waals surface area contributed by atoms with Gasteiger partial charge < -0.3 is 10.2 Å². The number of para-hydroxylation sites is 1. The van der Waals surface area contributed by atoms with Gasteiger partial charge in [0.2, 0.25) is 5.91 Å². The molecule has 1 aliphatic rings. The highest BCUT2D eigenvalue weighted by atomic mass is 32.1. The highest BCUT2D eigenvalue weighted by molar-refractivity contribution is 7.23. The Labute approximate surface area is 210 Å². The number of nitrogens with zero attached hydrogens (tertiary/aromatic N) is 3. The van der Waals surface area contributed by atoms with E-state index in [1.165, 1.54) is 5.56 Å². The molecule has 35 heavy (non-hydrogen) atoms. The first-order valence-electron chi connectivity index (χ1n) is 11.4. The number of hydrogen-bond acceptors (Lipinski definition) is 6. The van der Waals surface area contributed by atoms with Crippen LogP contribution < -0.4 is 5.32 Å². The Kier molecular flexibility index (Phi) is 5.35. The number of carbonyl (C=O) groups is 2. The first-order valence-corrected chi connectivity index (χ1v) is 13.0. The van der Waals surface area contributed by atoms with Crippen molar-refractivity contribution in [1.82, 2.24) is 14.9 Å². The van der Waals surface area contributed by atoms with Crippen LogP contribution in [0.3, 0.4) is 0 Å². The molecule has 0 fully saturated rings. The van der Waals surface area contributed by atoms with Crippen LogP contribution in [-0.4, -0.2) is 33.2 Å². The quantitative estimate of drug-likeness (QED) is 0.329. The Bertz CT molecular complexity index is 1600. The van der Waals surface area contributed by atoms with Gasteiger partial charge in [-0.15, -0.1) is 22.7 Å². The van der Waals surface area contributed by atoms with Gasteiger partial charge in [-0.25, -0.2) is 4.98 Å². The van der Waals surface area contributed by atoms with Gasteiger partial charge in [0.05, 0.1) is 22.3 Å². The Morgan fingerprint density at radius 1 is 1.00 bits per heavy atom. The van der Waals surface area contributed by atoms with Gasteiger partial charge in [0.25, 0.3) is 5.91 Å². The van der Waals surface area contributed by atoms with Crippen LogP contribution in [0.5, 0.6) is 0 Å². The maximum Gasteiger partial charge on any atom is 0.256 e. The number of fused-ring (bicyclic) bond motifs is 3. The van der Waals surface area contributed by atoms with Gasteiger partial charge in [-0.2, -0.15) is 0 Å². The second kappa shape index (κ2) is 8.55. The molecule has 174 valence electrons. The molecule has 0 bridgehead atoms. The molecule has 8 heteroatoms. The predicted octanol–water partition coefficient (Wildman–Crippen LogP) is 6.04. The molecule has 0 atom stereocenters. The third-order valence-electron chi connectivity index (χ3n) is 6.33. The van der Waals surface area contributed by atoms with Crippen LogP contribution in [0.2, 0.25) is 0 Å². The fraction of sp³-hybridized carbons (Fsp3) is 0.185. The zero-order chi connectivity index (χ0) is 24.1. The van der Waals surface area contributed by atoms with Gasteiger partial charge in [-0.1, -0.05) is 24.3 Å². The van der Waals surface area contributed by atoms with Crippen LogP contribution in [0.1, 0.15) is 33.4 Å². The normalized spacial score (nSPS) is 13.3. The van der Waals surface area contributed by atoms with Gasteiger partial charge in [0.1, 0.15) is 10.0 Å². The van der Waals surface area contributed by atoms with E-state index in [1.54, 1.807) is 29.6 Å². The van der Waals surface area contributed by atoms with Gasteiger partial charge in [-0.3, -0.25) is 14.6 Å². The summed E-state index contributed by atoms with van der Waals surface area (Å²) >= 11 is 3.17.